The van der Waals surface area contributed by atoms with E-state index in [2.05, 4.69) is 6.92 Å². The molecule has 2 unspecified atom stereocenters. The summed E-state index contributed by atoms with van der Waals surface area (Å²) in [7, 11) is -4.56. The molecule has 0 bridgehead atoms. The zero-order valence-corrected chi connectivity index (χ0v) is 27.9. The summed E-state index contributed by atoms with van der Waals surface area (Å²) in [6.45, 7) is 2.94. The van der Waals surface area contributed by atoms with E-state index in [4.69, 9.17) is 9.84 Å². The third kappa shape index (κ3) is 10.1. The van der Waals surface area contributed by atoms with Crippen molar-refractivity contribution in [3.05, 3.63) is 94.2 Å². The highest BCUT2D eigenvalue weighted by molar-refractivity contribution is 8.00. The average Bonchev–Trinajstić information content (AvgIpc) is 3.54. The van der Waals surface area contributed by atoms with Crippen LogP contribution in [0.5, 0.6) is 5.75 Å². The highest BCUT2D eigenvalue weighted by Crippen LogP contribution is 2.39. The Hall–Kier alpha value is -2.70. The summed E-state index contributed by atoms with van der Waals surface area (Å²) >= 11 is 2.63. The van der Waals surface area contributed by atoms with Crippen LogP contribution in [0.25, 0.3) is 11.1 Å². The summed E-state index contributed by atoms with van der Waals surface area (Å²) in [6, 6.07) is 21.3. The summed E-state index contributed by atoms with van der Waals surface area (Å²) in [6.07, 6.45) is 5.71. The van der Waals surface area contributed by atoms with Crippen molar-refractivity contribution in [2.45, 2.75) is 85.2 Å². The fourth-order valence-corrected chi connectivity index (χ4v) is 7.82. The average molecular weight is 671 g/mol. The molecule has 4 rings (SSSR count). The number of ether oxygens (including phenoxy) is 1. The monoisotopic (exact) mass is 670 g/mol. The van der Waals surface area contributed by atoms with Crippen LogP contribution in [-0.2, 0) is 10.1 Å². The van der Waals surface area contributed by atoms with Crippen LogP contribution < -0.4 is 4.74 Å². The second kappa shape index (κ2) is 17.3. The first-order valence-electron chi connectivity index (χ1n) is 15.4. The molecule has 0 aliphatic rings. The summed E-state index contributed by atoms with van der Waals surface area (Å²) in [5.74, 6) is 0.742. The molecule has 10 heteroatoms. The molecule has 0 saturated carbocycles. The number of rotatable bonds is 18. The smallest absolute Gasteiger partial charge is 0.295 e. The zero-order chi connectivity index (χ0) is 32.2. The molecule has 2 atom stereocenters. The summed E-state index contributed by atoms with van der Waals surface area (Å²) in [5.41, 5.74) is 2.41. The van der Waals surface area contributed by atoms with Crippen molar-refractivity contribution in [2.75, 3.05) is 13.2 Å². The minimum atomic E-state index is -4.56. The molecule has 0 spiro atoms. The van der Waals surface area contributed by atoms with Gasteiger partial charge in [-0.3, -0.25) is 4.55 Å². The maximum atomic E-state index is 12.5. The Labute approximate surface area is 274 Å². The van der Waals surface area contributed by atoms with Gasteiger partial charge in [-0.15, -0.1) is 11.3 Å². The van der Waals surface area contributed by atoms with Crippen LogP contribution >= 0.6 is 23.1 Å². The fraction of sp³-hybridized carbons (Fsp3) is 0.371. The van der Waals surface area contributed by atoms with E-state index in [0.717, 1.165) is 60.5 Å². The van der Waals surface area contributed by atoms with Gasteiger partial charge in [0.15, 0.2) is 0 Å². The second-order valence-electron chi connectivity index (χ2n) is 11.0. The van der Waals surface area contributed by atoms with Crippen LogP contribution in [0.2, 0.25) is 0 Å². The van der Waals surface area contributed by atoms with Crippen molar-refractivity contribution >= 4 is 33.2 Å². The van der Waals surface area contributed by atoms with Gasteiger partial charge in [0.25, 0.3) is 10.1 Å². The first-order chi connectivity index (χ1) is 21.7. The Morgan fingerprint density at radius 1 is 0.889 bits per heavy atom. The quantitative estimate of drug-likeness (QED) is 0.0614. The molecule has 3 aromatic carbocycles. The highest BCUT2D eigenvalue weighted by Gasteiger charge is 2.22. The lowest BCUT2D eigenvalue weighted by Crippen LogP contribution is -2.03. The molecule has 0 fully saturated rings. The lowest BCUT2D eigenvalue weighted by atomic mass is 9.93. The topological polar surface area (TPSA) is 124 Å². The van der Waals surface area contributed by atoms with E-state index in [0.29, 0.717) is 40.2 Å². The predicted octanol–water partition coefficient (Wildman–Crippen LogP) is 8.44. The van der Waals surface area contributed by atoms with Crippen LogP contribution in [0, 0.1) is 0 Å². The van der Waals surface area contributed by atoms with Crippen LogP contribution in [0.3, 0.4) is 0 Å². The third-order valence-corrected chi connectivity index (χ3v) is 10.7. The van der Waals surface area contributed by atoms with E-state index >= 15 is 0 Å². The van der Waals surface area contributed by atoms with Gasteiger partial charge >= 0.3 is 0 Å². The Balaban J connectivity index is 1.52. The molecule has 4 N–H and O–H groups in total. The lowest BCUT2D eigenvalue weighted by molar-refractivity contribution is 0.166. The molecule has 7 nitrogen and oxygen atoms in total. The van der Waals surface area contributed by atoms with Gasteiger partial charge in [-0.2, -0.15) is 8.42 Å². The first-order valence-corrected chi connectivity index (χ1v) is 18.5. The Bertz CT molecular complexity index is 1600. The van der Waals surface area contributed by atoms with Gasteiger partial charge < -0.3 is 20.1 Å². The maximum absolute atomic E-state index is 12.5. The standard InChI is InChI=1S/C35H42O7S3/c1-2-3-21-42-27-15-17-28(18-16-27)44-32-19-14-25(23-34(32)45(39,40)41)29-11-8-9-12-30(29)35(38)26-22-33(43-24-26)31(37)13-7-5-4-6-10-20-36/h8-9,11-12,14-19,22-24,31,35-38H,2-7,10,13,20-21H2,1H3,(H,39,40,41). The van der Waals surface area contributed by atoms with Crippen molar-refractivity contribution < 1.29 is 33.0 Å². The SMILES string of the molecule is CCCCOc1ccc(Sc2ccc(-c3ccccc3C(O)c3csc(C(O)CCCCCCCO)c3)cc2S(=O)(=O)O)cc1. The third-order valence-electron chi connectivity index (χ3n) is 7.53. The number of benzene rings is 3. The maximum Gasteiger partial charge on any atom is 0.295 e. The second-order valence-corrected chi connectivity index (χ2v) is 14.4. The fourth-order valence-electron chi connectivity index (χ4n) is 5.01. The number of hydrogen-bond donors (Lipinski definition) is 4. The van der Waals surface area contributed by atoms with E-state index in [-0.39, 0.29) is 11.5 Å². The Morgan fingerprint density at radius 3 is 2.36 bits per heavy atom. The zero-order valence-electron chi connectivity index (χ0n) is 25.5. The Kier molecular flexibility index (Phi) is 13.5. The summed E-state index contributed by atoms with van der Waals surface area (Å²) in [5, 5.41) is 32.9. The molecular weight excluding hydrogens is 629 g/mol. The number of aliphatic hydroxyl groups excluding tert-OH is 3. The molecule has 1 heterocycles. The normalized spacial score (nSPS) is 13.1. The molecule has 1 aromatic heterocycles. The minimum Gasteiger partial charge on any atom is -0.494 e. The number of aliphatic hydroxyl groups is 3. The molecule has 0 amide bonds. The van der Waals surface area contributed by atoms with Gasteiger partial charge in [-0.25, -0.2) is 0 Å². The Morgan fingerprint density at radius 2 is 1.62 bits per heavy atom. The van der Waals surface area contributed by atoms with Crippen LogP contribution in [0.1, 0.15) is 86.5 Å². The largest absolute Gasteiger partial charge is 0.494 e. The van der Waals surface area contributed by atoms with E-state index in [9.17, 15) is 23.2 Å². The van der Waals surface area contributed by atoms with E-state index in [1.807, 2.05) is 53.9 Å². The minimum absolute atomic E-state index is 0.211. The van der Waals surface area contributed by atoms with Crippen molar-refractivity contribution in [2.24, 2.45) is 0 Å². The molecular formula is C35H42O7S3. The van der Waals surface area contributed by atoms with Gasteiger partial charge in [-0.1, -0.05) is 81.1 Å². The van der Waals surface area contributed by atoms with E-state index in [1.54, 1.807) is 18.2 Å². The van der Waals surface area contributed by atoms with Crippen LogP contribution in [0.15, 0.2) is 92.9 Å². The number of hydrogen-bond acceptors (Lipinski definition) is 8. The van der Waals surface area contributed by atoms with Crippen molar-refractivity contribution in [3.8, 4) is 16.9 Å². The molecule has 0 saturated heterocycles. The molecule has 45 heavy (non-hydrogen) atoms. The van der Waals surface area contributed by atoms with Crippen molar-refractivity contribution in [1.29, 1.82) is 0 Å². The number of thiophene rings is 1. The summed E-state index contributed by atoms with van der Waals surface area (Å²) < 4.78 is 40.9. The lowest BCUT2D eigenvalue weighted by Gasteiger charge is -2.17. The molecule has 0 aliphatic carbocycles. The first kappa shape index (κ1) is 35.2. The summed E-state index contributed by atoms with van der Waals surface area (Å²) in [4.78, 5) is 1.75. The van der Waals surface area contributed by atoms with Gasteiger partial charge in [0.2, 0.25) is 0 Å². The van der Waals surface area contributed by atoms with Gasteiger partial charge in [-0.05, 0) is 89.4 Å². The molecule has 0 aliphatic heterocycles. The highest BCUT2D eigenvalue weighted by atomic mass is 32.2. The molecule has 242 valence electrons. The van der Waals surface area contributed by atoms with Gasteiger partial charge in [0.1, 0.15) is 16.7 Å². The van der Waals surface area contributed by atoms with Gasteiger partial charge in [0, 0.05) is 21.3 Å². The van der Waals surface area contributed by atoms with Crippen molar-refractivity contribution in [3.63, 3.8) is 0 Å². The van der Waals surface area contributed by atoms with Crippen molar-refractivity contribution in [1.82, 2.24) is 0 Å². The van der Waals surface area contributed by atoms with Crippen LogP contribution in [-0.4, -0.2) is 41.5 Å². The number of unbranched alkanes of at least 4 members (excludes halogenated alkanes) is 5. The predicted molar refractivity (Wildman–Crippen MR) is 181 cm³/mol. The van der Waals surface area contributed by atoms with Crippen LogP contribution in [0.4, 0.5) is 0 Å². The van der Waals surface area contributed by atoms with E-state index < -0.39 is 22.3 Å². The van der Waals surface area contributed by atoms with Gasteiger partial charge in [0.05, 0.1) is 12.7 Å². The van der Waals surface area contributed by atoms with E-state index in [1.165, 1.54) is 29.2 Å². The molecule has 0 radical (unpaired) electrons. The molecule has 4 aromatic rings.